The minimum Gasteiger partial charge on any atom is -0.394 e. The van der Waals surface area contributed by atoms with E-state index in [1.807, 2.05) is 0 Å². The van der Waals surface area contributed by atoms with E-state index in [9.17, 15) is 10.2 Å². The van der Waals surface area contributed by atoms with E-state index >= 15 is 0 Å². The summed E-state index contributed by atoms with van der Waals surface area (Å²) in [7, 11) is 0. The Morgan fingerprint density at radius 3 is 2.92 bits per heavy atom. The van der Waals surface area contributed by atoms with Gasteiger partial charge in [-0.05, 0) is 6.42 Å². The predicted octanol–water partition coefficient (Wildman–Crippen LogP) is -0.342. The maximum Gasteiger partial charge on any atom is 0.109 e. The molecule has 3 N–H and O–H groups in total. The van der Waals surface area contributed by atoms with Gasteiger partial charge in [-0.1, -0.05) is 13.3 Å². The van der Waals surface area contributed by atoms with Gasteiger partial charge in [0, 0.05) is 7.79 Å². The van der Waals surface area contributed by atoms with E-state index in [4.69, 9.17) is 11.2 Å². The summed E-state index contributed by atoms with van der Waals surface area (Å²) in [6.45, 7) is 0.0535. The lowest BCUT2D eigenvalue weighted by molar-refractivity contribution is -0.180. The molecule has 0 bridgehead atoms. The van der Waals surface area contributed by atoms with Crippen molar-refractivity contribution < 1.29 is 21.4 Å². The molecular weight excluding hydrogens is 172 g/mol. The summed E-state index contributed by atoms with van der Waals surface area (Å²) < 4.78 is 12.4. The highest BCUT2D eigenvalue weighted by Crippen LogP contribution is 2.22. The van der Waals surface area contributed by atoms with E-state index in [1.165, 1.54) is 0 Å². The van der Waals surface area contributed by atoms with Crippen molar-refractivity contribution in [1.29, 1.82) is 0 Å². The highest BCUT2D eigenvalue weighted by atomic mass is 16.5. The Morgan fingerprint density at radius 1 is 1.54 bits per heavy atom. The molecule has 1 rings (SSSR count). The molecular formula is C9H18O4. The zero-order valence-electron chi connectivity index (χ0n) is 8.59. The fourth-order valence-electron chi connectivity index (χ4n) is 1.60. The van der Waals surface area contributed by atoms with E-state index < -0.39 is 18.3 Å². The molecule has 4 atom stereocenters. The van der Waals surface area contributed by atoms with E-state index in [0.29, 0.717) is 26.2 Å². The SMILES string of the molecule is [2H]CCCC1C[C@@H](O)[C@H](O)[C@@H](CO)O1. The maximum atomic E-state index is 9.46. The Bertz CT molecular complexity index is 167. The molecule has 78 valence electrons. The highest BCUT2D eigenvalue weighted by Gasteiger charge is 2.35. The summed E-state index contributed by atoms with van der Waals surface area (Å²) in [4.78, 5) is 0. The standard InChI is InChI=1S/C9H18O4/c1-2-3-6-4-7(11)9(12)8(5-10)13-6/h6-12H,2-5H2,1H3/t6?,7-,8-,9+/m1/s1/i1D. The van der Waals surface area contributed by atoms with Gasteiger partial charge in [-0.2, -0.15) is 0 Å². The Balaban J connectivity index is 2.41. The second-order valence-electron chi connectivity index (χ2n) is 3.41. The van der Waals surface area contributed by atoms with E-state index in [-0.39, 0.29) is 12.7 Å². The van der Waals surface area contributed by atoms with Gasteiger partial charge in [-0.25, -0.2) is 0 Å². The second-order valence-corrected chi connectivity index (χ2v) is 3.41. The first kappa shape index (κ1) is 9.40. The molecule has 0 aromatic heterocycles. The van der Waals surface area contributed by atoms with Crippen LogP contribution in [0.2, 0.25) is 0 Å². The second kappa shape index (κ2) is 4.91. The van der Waals surface area contributed by atoms with Crippen LogP contribution in [0.5, 0.6) is 0 Å². The van der Waals surface area contributed by atoms with Gasteiger partial charge in [0.2, 0.25) is 0 Å². The summed E-state index contributed by atoms with van der Waals surface area (Å²) in [5.41, 5.74) is 0. The third kappa shape index (κ3) is 2.64. The lowest BCUT2D eigenvalue weighted by Gasteiger charge is -2.36. The summed E-state index contributed by atoms with van der Waals surface area (Å²) in [5.74, 6) is 0. The molecule has 1 heterocycles. The number of ether oxygens (including phenoxy) is 1. The fraction of sp³-hybridized carbons (Fsp3) is 1.00. The van der Waals surface area contributed by atoms with Crippen molar-refractivity contribution in [2.45, 2.75) is 50.6 Å². The molecule has 1 unspecified atom stereocenters. The van der Waals surface area contributed by atoms with Gasteiger partial charge >= 0.3 is 0 Å². The molecule has 0 amide bonds. The van der Waals surface area contributed by atoms with Gasteiger partial charge in [0.05, 0.1) is 18.8 Å². The van der Waals surface area contributed by atoms with Crippen molar-refractivity contribution in [1.82, 2.24) is 0 Å². The zero-order valence-corrected chi connectivity index (χ0v) is 7.59. The quantitative estimate of drug-likeness (QED) is 0.570. The topological polar surface area (TPSA) is 69.9 Å². The Hall–Kier alpha value is -0.160. The summed E-state index contributed by atoms with van der Waals surface area (Å²) >= 11 is 0. The highest BCUT2D eigenvalue weighted by molar-refractivity contribution is 4.84. The van der Waals surface area contributed by atoms with Crippen molar-refractivity contribution in [3.05, 3.63) is 0 Å². The van der Waals surface area contributed by atoms with Crippen molar-refractivity contribution in [2.75, 3.05) is 6.61 Å². The molecule has 0 spiro atoms. The lowest BCUT2D eigenvalue weighted by atomic mass is 9.96. The maximum absolute atomic E-state index is 9.46. The van der Waals surface area contributed by atoms with Crippen LogP contribution in [0.3, 0.4) is 0 Å². The van der Waals surface area contributed by atoms with Gasteiger partial charge in [0.15, 0.2) is 0 Å². The zero-order chi connectivity index (χ0) is 10.6. The molecule has 1 aliphatic rings. The van der Waals surface area contributed by atoms with Gasteiger partial charge < -0.3 is 20.1 Å². The van der Waals surface area contributed by atoms with E-state index in [2.05, 4.69) is 0 Å². The van der Waals surface area contributed by atoms with Crippen LogP contribution in [-0.4, -0.2) is 46.3 Å². The van der Waals surface area contributed by atoms with Gasteiger partial charge in [-0.15, -0.1) is 0 Å². The molecule has 13 heavy (non-hydrogen) atoms. The Labute approximate surface area is 79.6 Å². The molecule has 4 nitrogen and oxygen atoms in total. The number of aliphatic hydroxyl groups is 3. The van der Waals surface area contributed by atoms with Crippen LogP contribution in [0.25, 0.3) is 0 Å². The van der Waals surface area contributed by atoms with Gasteiger partial charge in [0.1, 0.15) is 12.2 Å². The molecule has 1 saturated heterocycles. The van der Waals surface area contributed by atoms with Gasteiger partial charge in [0.25, 0.3) is 0 Å². The average Bonchev–Trinajstić information content (AvgIpc) is 2.19. The van der Waals surface area contributed by atoms with Crippen LogP contribution < -0.4 is 0 Å². The monoisotopic (exact) mass is 191 g/mol. The number of rotatable bonds is 3. The molecule has 1 aliphatic heterocycles. The van der Waals surface area contributed by atoms with Crippen LogP contribution >= 0.6 is 0 Å². The van der Waals surface area contributed by atoms with Crippen molar-refractivity contribution in [2.24, 2.45) is 0 Å². The third-order valence-corrected chi connectivity index (χ3v) is 2.35. The number of hydrogen-bond acceptors (Lipinski definition) is 4. The molecule has 0 aliphatic carbocycles. The first-order chi connectivity index (χ1) is 6.69. The summed E-state index contributed by atoms with van der Waals surface area (Å²) in [6.07, 6.45) is -0.846. The predicted molar refractivity (Wildman–Crippen MR) is 47.3 cm³/mol. The fourth-order valence-corrected chi connectivity index (χ4v) is 1.60. The smallest absolute Gasteiger partial charge is 0.109 e. The lowest BCUT2D eigenvalue weighted by Crippen LogP contribution is -2.49. The van der Waals surface area contributed by atoms with Crippen LogP contribution in [-0.2, 0) is 4.74 Å². The first-order valence-electron chi connectivity index (χ1n) is 5.31. The summed E-state index contributed by atoms with van der Waals surface area (Å²) in [5, 5.41) is 27.8. The minimum atomic E-state index is -0.993. The molecule has 1 fully saturated rings. The number of aliphatic hydroxyl groups excluding tert-OH is 3. The van der Waals surface area contributed by atoms with Gasteiger partial charge in [-0.3, -0.25) is 0 Å². The van der Waals surface area contributed by atoms with Crippen molar-refractivity contribution in [3.63, 3.8) is 0 Å². The summed E-state index contributed by atoms with van der Waals surface area (Å²) in [6, 6.07) is 0. The molecule has 0 aromatic carbocycles. The molecule has 4 heteroatoms. The van der Waals surface area contributed by atoms with Crippen LogP contribution in [0, 0.1) is 0 Å². The van der Waals surface area contributed by atoms with E-state index in [0.717, 1.165) is 0 Å². The third-order valence-electron chi connectivity index (χ3n) is 2.35. The van der Waals surface area contributed by atoms with Crippen molar-refractivity contribution in [3.8, 4) is 0 Å². The largest absolute Gasteiger partial charge is 0.394 e. The van der Waals surface area contributed by atoms with Crippen molar-refractivity contribution >= 4 is 0 Å². The number of hydrogen-bond donors (Lipinski definition) is 3. The Kier molecular flexibility index (Phi) is 3.55. The minimum absolute atomic E-state index is 0.143. The molecule has 0 aromatic rings. The first-order valence-corrected chi connectivity index (χ1v) is 4.60. The van der Waals surface area contributed by atoms with Crippen LogP contribution in [0.4, 0.5) is 0 Å². The van der Waals surface area contributed by atoms with E-state index in [1.54, 1.807) is 0 Å². The Morgan fingerprint density at radius 2 is 2.31 bits per heavy atom. The van der Waals surface area contributed by atoms with Crippen LogP contribution in [0.1, 0.15) is 27.5 Å². The van der Waals surface area contributed by atoms with Crippen LogP contribution in [0.15, 0.2) is 0 Å². The molecule has 0 radical (unpaired) electrons. The molecule has 0 saturated carbocycles. The normalized spacial score (nSPS) is 41.6. The average molecular weight is 191 g/mol.